The van der Waals surface area contributed by atoms with Gasteiger partial charge in [-0.25, -0.2) is 6.57 Å². The summed E-state index contributed by atoms with van der Waals surface area (Å²) in [6.45, 7) is 11.1. The monoisotopic (exact) mass is 176 g/mol. The molecule has 0 N–H and O–H groups in total. The zero-order chi connectivity index (χ0) is 10.1. The Bertz CT molecular complexity index is 209. The van der Waals surface area contributed by atoms with Crippen LogP contribution in [0.4, 0.5) is 0 Å². The summed E-state index contributed by atoms with van der Waals surface area (Å²) in [6.07, 6.45) is 6.20. The molecule has 0 aromatic rings. The maximum atomic E-state index is 8.33. The van der Waals surface area contributed by atoms with Crippen molar-refractivity contribution in [1.82, 2.24) is 0 Å². The molecule has 2 heteroatoms. The van der Waals surface area contributed by atoms with Crippen LogP contribution in [0.5, 0.6) is 0 Å². The molecular weight excluding hydrogens is 160 g/mol. The zero-order valence-electron chi connectivity index (χ0n) is 8.33. The lowest BCUT2D eigenvalue weighted by Gasteiger charge is -2.14. The summed E-state index contributed by atoms with van der Waals surface area (Å²) >= 11 is 0. The lowest BCUT2D eigenvalue weighted by Crippen LogP contribution is -2.07. The molecule has 1 unspecified atom stereocenters. The molecule has 72 valence electrons. The number of rotatable bonds is 6. The van der Waals surface area contributed by atoms with E-state index in [9.17, 15) is 0 Å². The maximum Gasteiger partial charge on any atom is 0.227 e. The van der Waals surface area contributed by atoms with E-state index in [4.69, 9.17) is 12.0 Å². The van der Waals surface area contributed by atoms with Gasteiger partial charge in [0.05, 0.1) is 0 Å². The van der Waals surface area contributed by atoms with Crippen molar-refractivity contribution in [3.8, 4) is 0 Å². The minimum Gasteiger partial charge on any atom is -0.764 e. The first-order valence-electron chi connectivity index (χ1n) is 4.60. The molecule has 0 radical (unpaired) electrons. The van der Waals surface area contributed by atoms with Gasteiger partial charge in [0.25, 0.3) is 0 Å². The van der Waals surface area contributed by atoms with Crippen molar-refractivity contribution < 1.29 is 0 Å². The molecule has 0 amide bonds. The molecule has 13 heavy (non-hydrogen) atoms. The lowest BCUT2D eigenvalue weighted by molar-refractivity contribution is 0.490. The smallest absolute Gasteiger partial charge is 0.227 e. The Balaban J connectivity index is 3.84. The molecular formula is C11H16N2-2. The van der Waals surface area contributed by atoms with E-state index in [1.165, 1.54) is 6.08 Å². The first-order valence-corrected chi connectivity index (χ1v) is 4.60. The lowest BCUT2D eigenvalue weighted by atomic mass is 9.96. The van der Waals surface area contributed by atoms with Gasteiger partial charge in [-0.1, -0.05) is 18.9 Å². The number of hydrogen-bond donors (Lipinski definition) is 0. The highest BCUT2D eigenvalue weighted by atomic mass is 14.7. The fourth-order valence-corrected chi connectivity index (χ4v) is 1.35. The Kier molecular flexibility index (Phi) is 6.96. The van der Waals surface area contributed by atoms with Crippen LogP contribution >= 0.6 is 0 Å². The van der Waals surface area contributed by atoms with Gasteiger partial charge in [-0.15, -0.1) is 0 Å². The Morgan fingerprint density at radius 3 is 2.85 bits per heavy atom. The minimum absolute atomic E-state index is 0.00500. The van der Waals surface area contributed by atoms with Crippen molar-refractivity contribution in [2.75, 3.05) is 0 Å². The SMILES string of the molecule is [C-]#[N+][C@@H](CC=C=[N-])CC(C)C[CH-]C. The molecule has 0 fully saturated rings. The van der Waals surface area contributed by atoms with Crippen molar-refractivity contribution in [2.45, 2.75) is 39.2 Å². The van der Waals surface area contributed by atoms with Crippen LogP contribution in [0.1, 0.15) is 33.1 Å². The van der Waals surface area contributed by atoms with Crippen LogP contribution in [0.2, 0.25) is 0 Å². The third-order valence-corrected chi connectivity index (χ3v) is 1.98. The maximum absolute atomic E-state index is 8.33. The summed E-state index contributed by atoms with van der Waals surface area (Å²) < 4.78 is 0. The van der Waals surface area contributed by atoms with Gasteiger partial charge in [-0.05, 0) is 0 Å². The predicted octanol–water partition coefficient (Wildman–Crippen LogP) is 3.10. The minimum atomic E-state index is -0.00500. The van der Waals surface area contributed by atoms with E-state index in [0.717, 1.165) is 12.8 Å². The molecule has 2 atom stereocenters. The van der Waals surface area contributed by atoms with Crippen LogP contribution in [0, 0.1) is 18.9 Å². The first kappa shape index (κ1) is 11.9. The average Bonchev–Trinajstić information content (AvgIpc) is 2.12. The van der Waals surface area contributed by atoms with E-state index in [2.05, 4.69) is 18.2 Å². The van der Waals surface area contributed by atoms with E-state index < -0.39 is 0 Å². The molecule has 0 saturated heterocycles. The first-order chi connectivity index (χ1) is 6.24. The second-order valence-corrected chi connectivity index (χ2v) is 3.34. The third-order valence-electron chi connectivity index (χ3n) is 1.98. The fourth-order valence-electron chi connectivity index (χ4n) is 1.35. The van der Waals surface area contributed by atoms with Crippen molar-refractivity contribution in [3.63, 3.8) is 0 Å². The van der Waals surface area contributed by atoms with Gasteiger partial charge in [-0.3, -0.25) is 5.87 Å². The molecule has 0 aliphatic rings. The Hall–Kier alpha value is -1.06. The standard InChI is InChI=1S/C11H16N2/c1-4-6-10(2)9-11(13-3)7-5-8-12/h4-5,10-11H,6-7,9H2,1-2H3/q-2/t10?,11-/m0/s1. The quantitative estimate of drug-likeness (QED) is 0.439. The van der Waals surface area contributed by atoms with E-state index >= 15 is 0 Å². The summed E-state index contributed by atoms with van der Waals surface area (Å²) in [4.78, 5) is 3.50. The van der Waals surface area contributed by atoms with E-state index in [-0.39, 0.29) is 6.04 Å². The fraction of sp³-hybridized carbons (Fsp3) is 0.636. The van der Waals surface area contributed by atoms with E-state index in [1.807, 2.05) is 12.8 Å². The third kappa shape index (κ3) is 6.13. The second kappa shape index (κ2) is 7.58. The second-order valence-electron chi connectivity index (χ2n) is 3.34. The molecule has 0 aliphatic carbocycles. The van der Waals surface area contributed by atoms with Crippen LogP contribution < -0.4 is 0 Å². The average molecular weight is 176 g/mol. The highest BCUT2D eigenvalue weighted by molar-refractivity contribution is 5.54. The van der Waals surface area contributed by atoms with Crippen LogP contribution in [0.3, 0.4) is 0 Å². The molecule has 0 aliphatic heterocycles. The largest absolute Gasteiger partial charge is 0.764 e. The number of nitrogens with zero attached hydrogens (tertiary/aromatic N) is 2. The van der Waals surface area contributed by atoms with Crippen LogP contribution in [0.25, 0.3) is 10.3 Å². The van der Waals surface area contributed by atoms with Gasteiger partial charge in [0, 0.05) is 12.8 Å². The molecule has 0 saturated carbocycles. The topological polar surface area (TPSA) is 26.7 Å². The van der Waals surface area contributed by atoms with E-state index in [1.54, 1.807) is 0 Å². The van der Waals surface area contributed by atoms with Gasteiger partial charge in [0.2, 0.25) is 6.04 Å². The van der Waals surface area contributed by atoms with Crippen molar-refractivity contribution in [1.29, 1.82) is 0 Å². The highest BCUT2D eigenvalue weighted by Crippen LogP contribution is 2.16. The van der Waals surface area contributed by atoms with Gasteiger partial charge >= 0.3 is 0 Å². The van der Waals surface area contributed by atoms with Gasteiger partial charge in [0.1, 0.15) is 0 Å². The van der Waals surface area contributed by atoms with Crippen LogP contribution in [0.15, 0.2) is 6.08 Å². The molecule has 0 spiro atoms. The van der Waals surface area contributed by atoms with Gasteiger partial charge < -0.3 is 16.7 Å². The summed E-state index contributed by atoms with van der Waals surface area (Å²) in [5.41, 5.74) is 0. The molecule has 0 aromatic heterocycles. The summed E-state index contributed by atoms with van der Waals surface area (Å²) in [5.74, 6) is 2.51. The molecule has 0 rings (SSSR count). The Morgan fingerprint density at radius 1 is 1.69 bits per heavy atom. The van der Waals surface area contributed by atoms with Crippen LogP contribution in [-0.4, -0.2) is 11.9 Å². The van der Waals surface area contributed by atoms with Crippen molar-refractivity contribution in [2.24, 2.45) is 5.92 Å². The summed E-state index contributed by atoms with van der Waals surface area (Å²) in [5, 5.41) is 8.33. The number of hydrogen-bond acceptors (Lipinski definition) is 0. The van der Waals surface area contributed by atoms with Gasteiger partial charge in [-0.2, -0.15) is 13.3 Å². The van der Waals surface area contributed by atoms with Crippen molar-refractivity contribution in [3.05, 3.63) is 29.3 Å². The van der Waals surface area contributed by atoms with Crippen molar-refractivity contribution >= 4 is 5.87 Å². The van der Waals surface area contributed by atoms with Crippen LogP contribution in [-0.2, 0) is 0 Å². The van der Waals surface area contributed by atoms with Gasteiger partial charge in [0.15, 0.2) is 0 Å². The predicted molar refractivity (Wildman–Crippen MR) is 56.3 cm³/mol. The molecule has 0 heterocycles. The Morgan fingerprint density at radius 2 is 2.38 bits per heavy atom. The normalized spacial score (nSPS) is 13.9. The van der Waals surface area contributed by atoms with E-state index in [0.29, 0.717) is 12.3 Å². The summed E-state index contributed by atoms with van der Waals surface area (Å²) in [6, 6.07) is -0.00500. The summed E-state index contributed by atoms with van der Waals surface area (Å²) in [7, 11) is 0. The molecule has 0 bridgehead atoms. The highest BCUT2D eigenvalue weighted by Gasteiger charge is 2.12. The molecule has 0 aromatic carbocycles. The molecule has 2 nitrogen and oxygen atoms in total. The Labute approximate surface area is 81.0 Å². The zero-order valence-corrected chi connectivity index (χ0v) is 8.33.